The van der Waals surface area contributed by atoms with E-state index in [-0.39, 0.29) is 29.1 Å². The lowest BCUT2D eigenvalue weighted by atomic mass is 10.0. The Bertz CT molecular complexity index is 1860. The van der Waals surface area contributed by atoms with E-state index in [4.69, 9.17) is 4.74 Å². The standard InChI is InChI=1S/C34H34F3N5O3S/c1-5-20-6-10-24(45-4)13-28(20)42-29(12-19(2)3)25(32(43)41-16-22-8-9-23(17-41)39-22)14-26(33(42)44)31-40-27(18-46-31)21-7-11-30(38-15-21)34(35,36)37/h6-7,10-15,18,22-23,39H,5,8-9,16-17H2,1-4H3/t22-,23+. The summed E-state index contributed by atoms with van der Waals surface area (Å²) < 4.78 is 46.4. The highest BCUT2D eigenvalue weighted by Crippen LogP contribution is 2.33. The third-order valence-electron chi connectivity index (χ3n) is 8.40. The number of rotatable bonds is 7. The van der Waals surface area contributed by atoms with Crippen LogP contribution >= 0.6 is 11.3 Å². The van der Waals surface area contributed by atoms with E-state index in [2.05, 4.69) is 15.3 Å². The van der Waals surface area contributed by atoms with Crippen LogP contribution in [0.1, 0.15) is 60.9 Å². The number of benzene rings is 1. The summed E-state index contributed by atoms with van der Waals surface area (Å²) in [7, 11) is 1.56. The fraction of sp³-hybridized carbons (Fsp3) is 0.353. The number of carbonyl (C=O) groups is 1. The summed E-state index contributed by atoms with van der Waals surface area (Å²) in [6.07, 6.45) is 1.05. The van der Waals surface area contributed by atoms with Gasteiger partial charge in [-0.2, -0.15) is 13.2 Å². The van der Waals surface area contributed by atoms with Gasteiger partial charge >= 0.3 is 6.18 Å². The smallest absolute Gasteiger partial charge is 0.433 e. The molecule has 12 heteroatoms. The number of halogens is 3. The first-order valence-corrected chi connectivity index (χ1v) is 16.0. The molecule has 240 valence electrons. The van der Waals surface area contributed by atoms with E-state index in [9.17, 15) is 22.8 Å². The summed E-state index contributed by atoms with van der Waals surface area (Å²) in [6, 6.07) is 9.84. The summed E-state index contributed by atoms with van der Waals surface area (Å²) in [5.74, 6) is 0.385. The summed E-state index contributed by atoms with van der Waals surface area (Å²) in [5, 5.41) is 5.58. The van der Waals surface area contributed by atoms with Gasteiger partial charge in [-0.25, -0.2) is 4.98 Å². The summed E-state index contributed by atoms with van der Waals surface area (Å²) in [5.41, 5.74) is 2.82. The van der Waals surface area contributed by atoms with Gasteiger partial charge in [-0.05, 0) is 69.0 Å². The van der Waals surface area contributed by atoms with Gasteiger partial charge in [0.1, 0.15) is 16.5 Å². The van der Waals surface area contributed by atoms with E-state index in [0.29, 0.717) is 58.5 Å². The Morgan fingerprint density at radius 3 is 2.48 bits per heavy atom. The van der Waals surface area contributed by atoms with E-state index in [1.807, 2.05) is 43.9 Å². The number of ether oxygens (including phenoxy) is 1. The van der Waals surface area contributed by atoms with E-state index < -0.39 is 11.9 Å². The molecule has 2 aliphatic rings. The first kappa shape index (κ1) is 31.7. The molecule has 0 spiro atoms. The van der Waals surface area contributed by atoms with Gasteiger partial charge in [0.25, 0.3) is 11.5 Å². The number of nitrogens with zero attached hydrogens (tertiary/aromatic N) is 4. The van der Waals surface area contributed by atoms with Gasteiger partial charge in [0.2, 0.25) is 0 Å². The number of likely N-dealkylation sites (tertiary alicyclic amines) is 1. The number of amides is 1. The Morgan fingerprint density at radius 1 is 1.13 bits per heavy atom. The fourth-order valence-corrected chi connectivity index (χ4v) is 7.00. The van der Waals surface area contributed by atoms with Gasteiger partial charge in [-0.1, -0.05) is 18.6 Å². The number of pyridine rings is 2. The lowest BCUT2D eigenvalue weighted by molar-refractivity contribution is -0.141. The van der Waals surface area contributed by atoms with Gasteiger partial charge in [0.05, 0.1) is 35.3 Å². The van der Waals surface area contributed by atoms with E-state index in [1.54, 1.807) is 29.2 Å². The minimum atomic E-state index is -4.56. The fourth-order valence-electron chi connectivity index (χ4n) is 6.16. The molecular formula is C34H34F3N5O3S. The van der Waals surface area contributed by atoms with Crippen LogP contribution in [0.25, 0.3) is 33.6 Å². The summed E-state index contributed by atoms with van der Waals surface area (Å²) in [6.45, 7) is 6.97. The van der Waals surface area contributed by atoms with Crippen molar-refractivity contribution in [2.24, 2.45) is 0 Å². The Kier molecular flexibility index (Phi) is 8.60. The molecule has 2 bridgehead atoms. The van der Waals surface area contributed by atoms with Crippen molar-refractivity contribution in [2.45, 2.75) is 58.3 Å². The van der Waals surface area contributed by atoms with Crippen LogP contribution in [0.3, 0.4) is 0 Å². The van der Waals surface area contributed by atoms with Crippen molar-refractivity contribution in [1.82, 2.24) is 24.8 Å². The zero-order valence-electron chi connectivity index (χ0n) is 25.9. The van der Waals surface area contributed by atoms with Crippen LogP contribution in [0, 0.1) is 0 Å². The second-order valence-electron chi connectivity index (χ2n) is 11.9. The van der Waals surface area contributed by atoms with Crippen molar-refractivity contribution < 1.29 is 22.7 Å². The minimum absolute atomic E-state index is 0.175. The maximum Gasteiger partial charge on any atom is 0.433 e. The number of carbonyl (C=O) groups excluding carboxylic acids is 1. The second kappa shape index (κ2) is 12.5. The molecule has 2 fully saturated rings. The zero-order valence-corrected chi connectivity index (χ0v) is 26.8. The van der Waals surface area contributed by atoms with Crippen molar-refractivity contribution >= 4 is 23.3 Å². The van der Waals surface area contributed by atoms with Crippen LogP contribution in [0.15, 0.2) is 58.3 Å². The number of nitrogens with one attached hydrogen (secondary N) is 1. The van der Waals surface area contributed by atoms with Crippen LogP contribution in [0.2, 0.25) is 0 Å². The van der Waals surface area contributed by atoms with Crippen molar-refractivity contribution in [1.29, 1.82) is 0 Å². The van der Waals surface area contributed by atoms with Gasteiger partial charge in [-0.3, -0.25) is 19.1 Å². The topological polar surface area (TPSA) is 89.3 Å². The molecule has 0 saturated carbocycles. The first-order chi connectivity index (χ1) is 22.0. The number of hydrogen-bond donors (Lipinski definition) is 1. The molecule has 0 radical (unpaired) electrons. The third kappa shape index (κ3) is 6.11. The lowest BCUT2D eigenvalue weighted by Gasteiger charge is -2.33. The maximum absolute atomic E-state index is 14.6. The highest BCUT2D eigenvalue weighted by molar-refractivity contribution is 7.13. The van der Waals surface area contributed by atoms with E-state index >= 15 is 0 Å². The van der Waals surface area contributed by atoms with Crippen molar-refractivity contribution in [3.63, 3.8) is 0 Å². The molecule has 2 atom stereocenters. The summed E-state index contributed by atoms with van der Waals surface area (Å²) in [4.78, 5) is 39.1. The molecule has 2 saturated heterocycles. The number of piperazine rings is 1. The molecule has 0 aliphatic carbocycles. The molecule has 1 amide bonds. The molecular weight excluding hydrogens is 615 g/mol. The molecule has 5 heterocycles. The number of aryl methyl sites for hydroxylation is 1. The maximum atomic E-state index is 14.6. The number of methoxy groups -OCH3 is 1. The van der Waals surface area contributed by atoms with Crippen LogP contribution in [0.5, 0.6) is 5.75 Å². The Morgan fingerprint density at radius 2 is 1.87 bits per heavy atom. The number of alkyl halides is 3. The highest BCUT2D eigenvalue weighted by Gasteiger charge is 2.36. The molecule has 1 aromatic carbocycles. The quantitative estimate of drug-likeness (QED) is 0.242. The third-order valence-corrected chi connectivity index (χ3v) is 9.27. The molecule has 46 heavy (non-hydrogen) atoms. The van der Waals surface area contributed by atoms with Crippen molar-refractivity contribution in [2.75, 3.05) is 20.2 Å². The minimum Gasteiger partial charge on any atom is -0.497 e. The largest absolute Gasteiger partial charge is 0.497 e. The van der Waals surface area contributed by atoms with Gasteiger partial charge in [0, 0.05) is 48.4 Å². The molecule has 1 N–H and O–H groups in total. The average Bonchev–Trinajstić information content (AvgIpc) is 3.66. The molecule has 3 aromatic heterocycles. The molecule has 6 rings (SSSR count). The number of hydrogen-bond acceptors (Lipinski definition) is 7. The van der Waals surface area contributed by atoms with Gasteiger partial charge in [0.15, 0.2) is 0 Å². The number of fused-ring (bicyclic) bond motifs is 2. The lowest BCUT2D eigenvalue weighted by Crippen LogP contribution is -2.53. The number of thiazole rings is 1. The average molecular weight is 650 g/mol. The molecule has 0 unspecified atom stereocenters. The zero-order chi connectivity index (χ0) is 32.7. The Balaban J connectivity index is 1.56. The van der Waals surface area contributed by atoms with Gasteiger partial charge in [-0.15, -0.1) is 11.3 Å². The van der Waals surface area contributed by atoms with Crippen LogP contribution in [-0.2, 0) is 12.6 Å². The van der Waals surface area contributed by atoms with E-state index in [1.165, 1.54) is 17.4 Å². The van der Waals surface area contributed by atoms with Crippen LogP contribution in [0.4, 0.5) is 13.2 Å². The predicted molar refractivity (Wildman–Crippen MR) is 172 cm³/mol. The highest BCUT2D eigenvalue weighted by atomic mass is 32.1. The van der Waals surface area contributed by atoms with E-state index in [0.717, 1.165) is 36.2 Å². The SMILES string of the molecule is CCc1ccc(OC)cc1-n1c(C=C(C)C)c(C(=O)N2C[C@H]3CC[C@@H](C2)N3)cc(-c2nc(-c3ccc(C(F)(F)F)nc3)cs2)c1=O. The van der Waals surface area contributed by atoms with Crippen molar-refractivity contribution in [3.05, 3.63) is 86.4 Å². The number of aromatic nitrogens is 3. The summed E-state index contributed by atoms with van der Waals surface area (Å²) >= 11 is 1.18. The Hall–Kier alpha value is -4.29. The predicted octanol–water partition coefficient (Wildman–Crippen LogP) is 6.61. The molecule has 2 aliphatic heterocycles. The normalized spacial score (nSPS) is 17.7. The molecule has 4 aromatic rings. The number of allylic oxidation sites excluding steroid dienone is 1. The van der Waals surface area contributed by atoms with Crippen LogP contribution in [-0.4, -0.2) is 57.6 Å². The molecule has 8 nitrogen and oxygen atoms in total. The first-order valence-electron chi connectivity index (χ1n) is 15.1. The van der Waals surface area contributed by atoms with Crippen molar-refractivity contribution in [3.8, 4) is 33.3 Å². The van der Waals surface area contributed by atoms with Crippen LogP contribution < -0.4 is 15.6 Å². The Labute approximate surface area is 268 Å². The van der Waals surface area contributed by atoms with Gasteiger partial charge < -0.3 is 15.0 Å². The monoisotopic (exact) mass is 649 g/mol. The second-order valence-corrected chi connectivity index (χ2v) is 12.7.